The van der Waals surface area contributed by atoms with E-state index in [1.165, 1.54) is 0 Å². The lowest BCUT2D eigenvalue weighted by molar-refractivity contribution is 0.117. The molecule has 0 bridgehead atoms. The third kappa shape index (κ3) is 2.87. The summed E-state index contributed by atoms with van der Waals surface area (Å²) in [4.78, 5) is 0. The number of nitrogens with zero attached hydrogens (tertiary/aromatic N) is 1. The van der Waals surface area contributed by atoms with Crippen molar-refractivity contribution in [3.05, 3.63) is 34.3 Å². The smallest absolute Gasteiger partial charge is 0.155 e. The quantitative estimate of drug-likeness (QED) is 0.770. The van der Waals surface area contributed by atoms with Crippen molar-refractivity contribution in [3.8, 4) is 6.07 Å². The van der Waals surface area contributed by atoms with Crippen LogP contribution in [0.4, 0.5) is 0 Å². The maximum absolute atomic E-state index is 12.3. The fourth-order valence-corrected chi connectivity index (χ4v) is 5.13. The normalized spacial score (nSPS) is 28.1. The highest BCUT2D eigenvalue weighted by Crippen LogP contribution is 2.63. The molecule has 0 spiro atoms. The fraction of sp³-hybridized carbons (Fsp3) is 0.533. The van der Waals surface area contributed by atoms with Gasteiger partial charge in [0.1, 0.15) is 5.41 Å². The number of benzene rings is 1. The summed E-state index contributed by atoms with van der Waals surface area (Å²) in [5, 5.41) is 8.92. The van der Waals surface area contributed by atoms with E-state index in [4.69, 9.17) is 4.74 Å². The van der Waals surface area contributed by atoms with E-state index in [2.05, 4.69) is 22.0 Å². The Labute approximate surface area is 134 Å². The van der Waals surface area contributed by atoms with Crippen molar-refractivity contribution in [1.29, 1.82) is 5.26 Å². The molecule has 2 rings (SSSR count). The molecule has 1 saturated carbocycles. The minimum atomic E-state index is -3.30. The van der Waals surface area contributed by atoms with Gasteiger partial charge in [-0.25, -0.2) is 8.42 Å². The lowest BCUT2D eigenvalue weighted by Crippen LogP contribution is -2.20. The standard InChI is InChI=1S/C15H18BrNO3S/c1-3-20-10-15(9-17)13(14(15)21(18,19)4-2)11-5-7-12(16)8-6-11/h5-8,13-14H,3-4,10H2,1-2H3/t13-,14-,15+/m0/s1. The third-order valence-electron chi connectivity index (χ3n) is 4.03. The first-order valence-corrected chi connectivity index (χ1v) is 9.39. The lowest BCUT2D eigenvalue weighted by Gasteiger charge is -2.09. The first-order chi connectivity index (χ1) is 9.93. The summed E-state index contributed by atoms with van der Waals surface area (Å²) in [5.74, 6) is -0.271. The summed E-state index contributed by atoms with van der Waals surface area (Å²) in [6, 6.07) is 9.71. The van der Waals surface area contributed by atoms with Gasteiger partial charge in [0.15, 0.2) is 9.84 Å². The van der Waals surface area contributed by atoms with Crippen LogP contribution < -0.4 is 0 Å². The van der Waals surface area contributed by atoms with Crippen molar-refractivity contribution in [2.24, 2.45) is 5.41 Å². The monoisotopic (exact) mass is 371 g/mol. The van der Waals surface area contributed by atoms with Crippen LogP contribution in [0.25, 0.3) is 0 Å². The first-order valence-electron chi connectivity index (χ1n) is 6.89. The molecule has 21 heavy (non-hydrogen) atoms. The van der Waals surface area contributed by atoms with Gasteiger partial charge in [-0.1, -0.05) is 35.0 Å². The van der Waals surface area contributed by atoms with E-state index in [1.807, 2.05) is 31.2 Å². The van der Waals surface area contributed by atoms with Gasteiger partial charge in [0, 0.05) is 22.8 Å². The van der Waals surface area contributed by atoms with Crippen LogP contribution in [0.15, 0.2) is 28.7 Å². The summed E-state index contributed by atoms with van der Waals surface area (Å²) >= 11 is 3.36. The fourth-order valence-electron chi connectivity index (χ4n) is 2.86. The average Bonchev–Trinajstić information content (AvgIpc) is 3.16. The number of sulfone groups is 1. The maximum Gasteiger partial charge on any atom is 0.155 e. The Bertz CT molecular complexity index is 650. The predicted molar refractivity (Wildman–Crippen MR) is 84.7 cm³/mol. The number of ether oxygens (including phenoxy) is 1. The molecule has 1 aromatic carbocycles. The Balaban J connectivity index is 2.42. The Morgan fingerprint density at radius 3 is 2.43 bits per heavy atom. The van der Waals surface area contributed by atoms with Crippen molar-refractivity contribution in [3.63, 3.8) is 0 Å². The summed E-state index contributed by atoms with van der Waals surface area (Å²) in [5.41, 5.74) is -0.0833. The summed E-state index contributed by atoms with van der Waals surface area (Å²) in [6.07, 6.45) is 0. The van der Waals surface area contributed by atoms with Gasteiger partial charge in [0.2, 0.25) is 0 Å². The Hall–Kier alpha value is -0.900. The van der Waals surface area contributed by atoms with Crippen molar-refractivity contribution < 1.29 is 13.2 Å². The van der Waals surface area contributed by atoms with Gasteiger partial charge >= 0.3 is 0 Å². The zero-order valence-corrected chi connectivity index (χ0v) is 14.4. The molecule has 0 heterocycles. The van der Waals surface area contributed by atoms with Gasteiger partial charge in [-0.3, -0.25) is 0 Å². The van der Waals surface area contributed by atoms with Crippen molar-refractivity contribution in [2.75, 3.05) is 19.0 Å². The second-order valence-electron chi connectivity index (χ2n) is 5.19. The van der Waals surface area contributed by atoms with Crippen LogP contribution in [-0.4, -0.2) is 32.6 Å². The molecule has 0 radical (unpaired) electrons. The van der Waals surface area contributed by atoms with Crippen LogP contribution in [0.1, 0.15) is 25.3 Å². The number of halogens is 1. The highest BCUT2D eigenvalue weighted by Gasteiger charge is 2.71. The van der Waals surface area contributed by atoms with Crippen molar-refractivity contribution >= 4 is 25.8 Å². The van der Waals surface area contributed by atoms with Crippen LogP contribution in [0, 0.1) is 16.7 Å². The van der Waals surface area contributed by atoms with E-state index in [-0.39, 0.29) is 18.3 Å². The zero-order chi connectivity index (χ0) is 15.7. The zero-order valence-electron chi connectivity index (χ0n) is 12.0. The largest absolute Gasteiger partial charge is 0.380 e. The molecule has 114 valence electrons. The average molecular weight is 372 g/mol. The second-order valence-corrected chi connectivity index (χ2v) is 8.52. The van der Waals surface area contributed by atoms with E-state index in [9.17, 15) is 13.7 Å². The van der Waals surface area contributed by atoms with E-state index in [0.717, 1.165) is 10.0 Å². The van der Waals surface area contributed by atoms with Crippen LogP contribution in [0.3, 0.4) is 0 Å². The van der Waals surface area contributed by atoms with Crippen LogP contribution in [-0.2, 0) is 14.6 Å². The van der Waals surface area contributed by atoms with E-state index in [0.29, 0.717) is 6.61 Å². The number of hydrogen-bond acceptors (Lipinski definition) is 4. The van der Waals surface area contributed by atoms with Gasteiger partial charge in [-0.15, -0.1) is 0 Å². The van der Waals surface area contributed by atoms with Gasteiger partial charge < -0.3 is 4.74 Å². The topological polar surface area (TPSA) is 67.2 Å². The highest BCUT2D eigenvalue weighted by atomic mass is 79.9. The van der Waals surface area contributed by atoms with Crippen LogP contribution in [0.2, 0.25) is 0 Å². The summed E-state index contributed by atoms with van der Waals surface area (Å²) in [6.45, 7) is 4.08. The molecule has 4 nitrogen and oxygen atoms in total. The van der Waals surface area contributed by atoms with Gasteiger partial charge in [-0.2, -0.15) is 5.26 Å². The Kier molecular flexibility index (Phi) is 4.76. The van der Waals surface area contributed by atoms with Crippen LogP contribution in [0.5, 0.6) is 0 Å². The van der Waals surface area contributed by atoms with Gasteiger partial charge in [-0.05, 0) is 24.6 Å². The molecule has 0 saturated heterocycles. The first kappa shape index (κ1) is 16.5. The number of hydrogen-bond donors (Lipinski definition) is 0. The Morgan fingerprint density at radius 2 is 1.95 bits per heavy atom. The minimum absolute atomic E-state index is 0.0419. The van der Waals surface area contributed by atoms with Crippen molar-refractivity contribution in [2.45, 2.75) is 25.0 Å². The molecule has 0 N–H and O–H groups in total. The minimum Gasteiger partial charge on any atom is -0.380 e. The SMILES string of the molecule is CCOC[C@]1(C#N)[C@@H](c2ccc(Br)cc2)[C@@H]1S(=O)(=O)CC. The molecule has 3 atom stereocenters. The number of rotatable bonds is 6. The van der Waals surface area contributed by atoms with Gasteiger partial charge in [0.25, 0.3) is 0 Å². The lowest BCUT2D eigenvalue weighted by atomic mass is 10.0. The molecule has 6 heteroatoms. The molecule has 0 unspecified atom stereocenters. The molecular formula is C15H18BrNO3S. The highest BCUT2D eigenvalue weighted by molar-refractivity contribution is 9.10. The third-order valence-corrected chi connectivity index (χ3v) is 6.83. The molecule has 0 aliphatic heterocycles. The molecule has 0 aromatic heterocycles. The predicted octanol–water partition coefficient (Wildman–Crippen LogP) is 2.90. The van der Waals surface area contributed by atoms with Crippen LogP contribution >= 0.6 is 15.9 Å². The Morgan fingerprint density at radius 1 is 1.33 bits per heavy atom. The second kappa shape index (κ2) is 6.07. The van der Waals surface area contributed by atoms with Gasteiger partial charge in [0.05, 0.1) is 17.9 Å². The summed E-state index contributed by atoms with van der Waals surface area (Å²) < 4.78 is 31.0. The molecule has 1 fully saturated rings. The molecular weight excluding hydrogens is 354 g/mol. The number of nitriles is 1. The molecule has 1 aromatic rings. The maximum atomic E-state index is 12.3. The van der Waals surface area contributed by atoms with E-state index < -0.39 is 20.5 Å². The van der Waals surface area contributed by atoms with E-state index in [1.54, 1.807) is 6.92 Å². The molecule has 1 aliphatic carbocycles. The molecule has 1 aliphatic rings. The molecule has 0 amide bonds. The summed E-state index contributed by atoms with van der Waals surface area (Å²) in [7, 11) is -3.30. The van der Waals surface area contributed by atoms with Crippen molar-refractivity contribution in [1.82, 2.24) is 0 Å². The van der Waals surface area contributed by atoms with E-state index >= 15 is 0 Å².